The van der Waals surface area contributed by atoms with Gasteiger partial charge in [-0.25, -0.2) is 0 Å². The molecule has 10 rings (SSSR count). The third-order valence-electron chi connectivity index (χ3n) is 13.1. The average molecular weight is 663 g/mol. The highest BCUT2D eigenvalue weighted by atomic mass is 16.5. The standard InChI is InChI=1S/C18H21NO5.C18H19NO4.H2O/c1-19-6-5-17-14-9-3-4-11(23-2)15(14)24-16(17)10(20)8-13(21)18(17,22)12(19)7-9;1-19-8-7-17-14-10-3-4-12(22-2)15(14)23-16(17)11(20)5-6-18(17,21)13(19)9-10;/h3-4,12-13,16,21-22H,5-8H2,1-2H3;3-6,13,16,21H,7-9H2,1-2H3;1H2/t12-,13-,16+,17+,18?;13-,16+,17+,18?;/m11./s1. The van der Waals surface area contributed by atoms with E-state index in [0.29, 0.717) is 42.3 Å². The highest BCUT2D eigenvalue weighted by Gasteiger charge is 2.76. The largest absolute Gasteiger partial charge is 0.493 e. The van der Waals surface area contributed by atoms with E-state index in [0.717, 1.165) is 41.8 Å². The second kappa shape index (κ2) is 10.0. The molecule has 2 spiro atoms. The third-order valence-corrected chi connectivity index (χ3v) is 13.1. The van der Waals surface area contributed by atoms with E-state index in [1.54, 1.807) is 20.3 Å². The van der Waals surface area contributed by atoms with Crippen molar-refractivity contribution in [3.63, 3.8) is 0 Å². The Kier molecular flexibility index (Phi) is 6.63. The first-order chi connectivity index (χ1) is 22.5. The number of ketones is 2. The normalized spacial score (nSPS) is 40.4. The summed E-state index contributed by atoms with van der Waals surface area (Å²) in [6.07, 6.45) is 3.32. The molecule has 12 nitrogen and oxygen atoms in total. The summed E-state index contributed by atoms with van der Waals surface area (Å²) in [5.74, 6) is 2.24. The van der Waals surface area contributed by atoms with Crippen LogP contribution in [0, 0.1) is 0 Å². The van der Waals surface area contributed by atoms with Crippen LogP contribution in [0.3, 0.4) is 0 Å². The molecule has 0 aromatic heterocycles. The minimum atomic E-state index is -1.39. The molecule has 2 aromatic carbocycles. The van der Waals surface area contributed by atoms with Crippen LogP contribution in [0.2, 0.25) is 0 Å². The summed E-state index contributed by atoms with van der Waals surface area (Å²) in [5.41, 5.74) is 0.0808. The van der Waals surface area contributed by atoms with E-state index >= 15 is 0 Å². The number of ether oxygens (including phenoxy) is 4. The van der Waals surface area contributed by atoms with E-state index in [9.17, 15) is 24.9 Å². The molecular formula is C36H42N2O10. The van der Waals surface area contributed by atoms with Crippen LogP contribution in [0.15, 0.2) is 36.4 Å². The van der Waals surface area contributed by atoms with Gasteiger partial charge < -0.3 is 44.6 Å². The van der Waals surface area contributed by atoms with Crippen molar-refractivity contribution in [2.45, 2.75) is 84.5 Å². The van der Waals surface area contributed by atoms with E-state index in [-0.39, 0.29) is 35.5 Å². The number of likely N-dealkylation sites (N-methyl/N-ethyl adjacent to an activating group) is 2. The van der Waals surface area contributed by atoms with Gasteiger partial charge in [0.25, 0.3) is 0 Å². The fraction of sp³-hybridized carbons (Fsp3) is 0.556. The number of benzene rings is 2. The first-order valence-electron chi connectivity index (χ1n) is 16.5. The topological polar surface area (TPSA) is 170 Å². The summed E-state index contributed by atoms with van der Waals surface area (Å²) in [5, 5.41) is 34.2. The maximum absolute atomic E-state index is 12.7. The summed E-state index contributed by atoms with van der Waals surface area (Å²) >= 11 is 0. The zero-order valence-electron chi connectivity index (χ0n) is 27.5. The van der Waals surface area contributed by atoms with Crippen molar-refractivity contribution in [3.8, 4) is 23.0 Å². The summed E-state index contributed by atoms with van der Waals surface area (Å²) < 4.78 is 23.1. The van der Waals surface area contributed by atoms with Crippen LogP contribution < -0.4 is 18.9 Å². The monoisotopic (exact) mass is 662 g/mol. The lowest BCUT2D eigenvalue weighted by Crippen LogP contribution is -2.80. The van der Waals surface area contributed by atoms with Gasteiger partial charge in [-0.05, 0) is 88.3 Å². The second-order valence-corrected chi connectivity index (χ2v) is 14.7. The summed E-state index contributed by atoms with van der Waals surface area (Å²) in [7, 11) is 7.19. The average Bonchev–Trinajstić information content (AvgIpc) is 3.60. The number of methoxy groups -OCH3 is 2. The number of hydrogen-bond acceptors (Lipinski definition) is 11. The summed E-state index contributed by atoms with van der Waals surface area (Å²) in [6, 6.07) is 7.55. The Labute approximate surface area is 278 Å². The van der Waals surface area contributed by atoms with Gasteiger partial charge in [0.05, 0.1) is 31.2 Å². The minimum absolute atomic E-state index is 0. The van der Waals surface area contributed by atoms with Crippen molar-refractivity contribution in [2.75, 3.05) is 41.4 Å². The molecular weight excluding hydrogens is 620 g/mol. The fourth-order valence-electron chi connectivity index (χ4n) is 11.0. The van der Waals surface area contributed by atoms with Crippen LogP contribution in [0.5, 0.6) is 23.0 Å². The quantitative estimate of drug-likeness (QED) is 0.396. The van der Waals surface area contributed by atoms with Crippen molar-refractivity contribution in [1.29, 1.82) is 0 Å². The number of rotatable bonds is 2. The highest BCUT2D eigenvalue weighted by Crippen LogP contribution is 2.65. The molecule has 5 N–H and O–H groups in total. The second-order valence-electron chi connectivity index (χ2n) is 14.7. The zero-order valence-corrected chi connectivity index (χ0v) is 27.5. The first-order valence-corrected chi connectivity index (χ1v) is 16.5. The number of nitrogens with zero attached hydrogens (tertiary/aromatic N) is 2. The third kappa shape index (κ3) is 3.32. The van der Waals surface area contributed by atoms with Crippen molar-refractivity contribution in [3.05, 3.63) is 58.7 Å². The van der Waals surface area contributed by atoms with Crippen molar-refractivity contribution < 1.29 is 49.3 Å². The van der Waals surface area contributed by atoms with Crippen LogP contribution in [0.1, 0.15) is 41.5 Å². The predicted octanol–water partition coefficient (Wildman–Crippen LogP) is 0.0185. The first kappa shape index (κ1) is 31.7. The van der Waals surface area contributed by atoms with Crippen molar-refractivity contribution in [1.82, 2.24) is 9.80 Å². The maximum atomic E-state index is 12.7. The summed E-state index contributed by atoms with van der Waals surface area (Å²) in [6.45, 7) is 1.59. The molecule has 2 saturated heterocycles. The van der Waals surface area contributed by atoms with Gasteiger partial charge in [0.15, 0.2) is 46.8 Å². The molecule has 1 saturated carbocycles. The smallest absolute Gasteiger partial charge is 0.196 e. The molecule has 48 heavy (non-hydrogen) atoms. The van der Waals surface area contributed by atoms with Gasteiger partial charge >= 0.3 is 0 Å². The Bertz CT molecular complexity index is 1800. The van der Waals surface area contributed by atoms with Crippen LogP contribution in [0.4, 0.5) is 0 Å². The van der Waals surface area contributed by atoms with Gasteiger partial charge in [0.2, 0.25) is 0 Å². The molecule has 4 bridgehead atoms. The van der Waals surface area contributed by atoms with Gasteiger partial charge in [0.1, 0.15) is 11.2 Å². The molecule has 4 aliphatic carbocycles. The van der Waals surface area contributed by atoms with E-state index in [4.69, 9.17) is 18.9 Å². The van der Waals surface area contributed by atoms with Crippen LogP contribution >= 0.6 is 0 Å². The molecule has 9 atom stereocenters. The molecule has 0 amide bonds. The SMILES string of the molecule is COc1ccc2c3c1O[C@H]1C(=O)C=CC4(O)[C@@H](C2)N(C)CC[C@]314.COc1ccc2c3c1O[C@H]1C(=O)C[C@@H](O)C4(O)[C@@H](C2)N(C)CC[C@]314.O. The number of carbonyl (C=O) groups excluding carboxylic acids is 2. The number of carbonyl (C=O) groups is 2. The van der Waals surface area contributed by atoms with Gasteiger partial charge in [-0.1, -0.05) is 12.1 Å². The number of Topliss-reactive ketones (excluding diaryl/α,β-unsaturated/α-hetero) is 1. The molecule has 256 valence electrons. The highest BCUT2D eigenvalue weighted by molar-refractivity contribution is 5.99. The molecule has 2 unspecified atom stereocenters. The molecule has 4 heterocycles. The predicted molar refractivity (Wildman–Crippen MR) is 171 cm³/mol. The Morgan fingerprint density at radius 3 is 1.96 bits per heavy atom. The van der Waals surface area contributed by atoms with Gasteiger partial charge in [-0.2, -0.15) is 0 Å². The number of likely N-dealkylation sites (tertiary alicyclic amines) is 2. The number of piperidine rings is 2. The number of hydrogen-bond donors (Lipinski definition) is 3. The lowest BCUT2D eigenvalue weighted by Gasteiger charge is -2.63. The Morgan fingerprint density at radius 1 is 0.792 bits per heavy atom. The molecule has 0 radical (unpaired) electrons. The number of aliphatic hydroxyl groups excluding tert-OH is 1. The molecule has 12 heteroatoms. The zero-order chi connectivity index (χ0) is 32.8. The van der Waals surface area contributed by atoms with Crippen LogP contribution in [-0.4, -0.2) is 125 Å². The number of aliphatic hydroxyl groups is 3. The van der Waals surface area contributed by atoms with E-state index in [2.05, 4.69) is 15.9 Å². The Morgan fingerprint density at radius 2 is 1.33 bits per heavy atom. The van der Waals surface area contributed by atoms with Gasteiger partial charge in [-0.3, -0.25) is 14.5 Å². The van der Waals surface area contributed by atoms with Crippen LogP contribution in [0.25, 0.3) is 0 Å². The maximum Gasteiger partial charge on any atom is 0.196 e. The Balaban J connectivity index is 0.000000137. The van der Waals surface area contributed by atoms with Gasteiger partial charge in [0, 0.05) is 29.6 Å². The van der Waals surface area contributed by atoms with Crippen molar-refractivity contribution >= 4 is 11.6 Å². The van der Waals surface area contributed by atoms with Crippen LogP contribution in [-0.2, 0) is 33.3 Å². The molecule has 2 aromatic rings. The van der Waals surface area contributed by atoms with E-state index in [1.807, 2.05) is 32.3 Å². The fourth-order valence-corrected chi connectivity index (χ4v) is 11.0. The lowest BCUT2D eigenvalue weighted by molar-refractivity contribution is -0.226. The van der Waals surface area contributed by atoms with E-state index in [1.165, 1.54) is 6.08 Å². The van der Waals surface area contributed by atoms with Crippen molar-refractivity contribution in [2.24, 2.45) is 0 Å². The molecule has 8 aliphatic rings. The molecule has 3 fully saturated rings. The van der Waals surface area contributed by atoms with E-state index < -0.39 is 40.3 Å². The summed E-state index contributed by atoms with van der Waals surface area (Å²) in [4.78, 5) is 29.6. The minimum Gasteiger partial charge on any atom is -0.493 e. The Hall–Kier alpha value is -3.52. The molecule has 4 aliphatic heterocycles. The van der Waals surface area contributed by atoms with Gasteiger partial charge in [-0.15, -0.1) is 0 Å². The lowest BCUT2D eigenvalue weighted by atomic mass is 9.48.